The minimum Gasteiger partial charge on any atom is -0.393 e. The summed E-state index contributed by atoms with van der Waals surface area (Å²) in [5, 5.41) is 17.4. The number of aliphatic hydroxyl groups excluding tert-OH is 1. The summed E-state index contributed by atoms with van der Waals surface area (Å²) in [7, 11) is 1.93. The predicted octanol–water partition coefficient (Wildman–Crippen LogP) is 1.98. The van der Waals surface area contributed by atoms with E-state index in [1.165, 1.54) is 0 Å². The van der Waals surface area contributed by atoms with Crippen LogP contribution in [-0.2, 0) is 13.6 Å². The van der Waals surface area contributed by atoms with Crippen LogP contribution in [0.3, 0.4) is 0 Å². The van der Waals surface area contributed by atoms with Crippen molar-refractivity contribution in [2.75, 3.05) is 6.54 Å². The molecule has 0 saturated carbocycles. The number of rotatable bonds is 7. The van der Waals surface area contributed by atoms with Gasteiger partial charge in [0.05, 0.1) is 11.8 Å². The molecule has 0 aromatic carbocycles. The van der Waals surface area contributed by atoms with Crippen molar-refractivity contribution in [2.24, 2.45) is 13.0 Å². The summed E-state index contributed by atoms with van der Waals surface area (Å²) in [6.07, 6.45) is 6.21. The minimum absolute atomic E-state index is 0.244. The number of nitrogens with one attached hydrogen (secondary N) is 1. The van der Waals surface area contributed by atoms with E-state index in [0.717, 1.165) is 36.3 Å². The summed E-state index contributed by atoms with van der Waals surface area (Å²) in [5.74, 6) is 0.448. The molecule has 0 bridgehead atoms. The van der Waals surface area contributed by atoms with Crippen molar-refractivity contribution >= 4 is 0 Å². The van der Waals surface area contributed by atoms with Crippen molar-refractivity contribution in [1.29, 1.82) is 0 Å². The monoisotopic (exact) mass is 288 g/mol. The molecule has 5 nitrogen and oxygen atoms in total. The quantitative estimate of drug-likeness (QED) is 0.818. The second-order valence-corrected chi connectivity index (χ2v) is 5.74. The van der Waals surface area contributed by atoms with Gasteiger partial charge in [-0.1, -0.05) is 6.92 Å². The van der Waals surface area contributed by atoms with Crippen LogP contribution in [-0.4, -0.2) is 32.5 Å². The third kappa shape index (κ3) is 4.65. The molecule has 0 aliphatic heterocycles. The molecule has 0 saturated heterocycles. The molecule has 0 fully saturated rings. The highest BCUT2D eigenvalue weighted by molar-refractivity contribution is 5.61. The smallest absolute Gasteiger partial charge is 0.0983 e. The Morgan fingerprint density at radius 2 is 2.19 bits per heavy atom. The predicted molar refractivity (Wildman–Crippen MR) is 83.6 cm³/mol. The molecule has 0 aliphatic rings. The average Bonchev–Trinajstić information content (AvgIpc) is 2.80. The zero-order chi connectivity index (χ0) is 15.2. The van der Waals surface area contributed by atoms with Gasteiger partial charge in [-0.3, -0.25) is 9.67 Å². The van der Waals surface area contributed by atoms with Gasteiger partial charge in [0.25, 0.3) is 0 Å². The molecule has 2 rings (SSSR count). The molecule has 114 valence electrons. The van der Waals surface area contributed by atoms with Crippen LogP contribution in [0.25, 0.3) is 11.3 Å². The second kappa shape index (κ2) is 7.33. The van der Waals surface area contributed by atoms with Crippen LogP contribution in [0, 0.1) is 5.92 Å². The van der Waals surface area contributed by atoms with Crippen LogP contribution in [0.2, 0.25) is 0 Å². The molecular formula is C16H24N4O. The first kappa shape index (κ1) is 15.7. The number of hydrogen-bond acceptors (Lipinski definition) is 4. The maximum atomic E-state index is 9.39. The average molecular weight is 288 g/mol. The molecule has 0 spiro atoms. The molecule has 2 aromatic heterocycles. The van der Waals surface area contributed by atoms with Gasteiger partial charge < -0.3 is 10.4 Å². The maximum Gasteiger partial charge on any atom is 0.0983 e. The Hall–Kier alpha value is -1.72. The van der Waals surface area contributed by atoms with E-state index in [1.54, 1.807) is 6.20 Å². The fourth-order valence-electron chi connectivity index (χ4n) is 2.53. The Kier molecular flexibility index (Phi) is 5.47. The molecule has 2 aromatic rings. The van der Waals surface area contributed by atoms with E-state index in [4.69, 9.17) is 0 Å². The van der Waals surface area contributed by atoms with E-state index < -0.39 is 0 Å². The molecule has 21 heavy (non-hydrogen) atoms. The lowest BCUT2D eigenvalue weighted by atomic mass is 10.0. The Balaban J connectivity index is 1.98. The van der Waals surface area contributed by atoms with Gasteiger partial charge in [-0.2, -0.15) is 5.10 Å². The van der Waals surface area contributed by atoms with Gasteiger partial charge >= 0.3 is 0 Å². The second-order valence-electron chi connectivity index (χ2n) is 5.74. The van der Waals surface area contributed by atoms with Crippen LogP contribution in [0.1, 0.15) is 25.8 Å². The van der Waals surface area contributed by atoms with Gasteiger partial charge in [0.15, 0.2) is 0 Å². The number of pyridine rings is 1. The first-order chi connectivity index (χ1) is 10.1. The van der Waals surface area contributed by atoms with Crippen LogP contribution in [0.15, 0.2) is 30.7 Å². The zero-order valence-corrected chi connectivity index (χ0v) is 13.0. The van der Waals surface area contributed by atoms with Crippen molar-refractivity contribution in [3.63, 3.8) is 0 Å². The minimum atomic E-state index is -0.244. The topological polar surface area (TPSA) is 63.0 Å². The highest BCUT2D eigenvalue weighted by Crippen LogP contribution is 2.20. The molecule has 2 unspecified atom stereocenters. The maximum absolute atomic E-state index is 9.39. The number of aromatic nitrogens is 3. The summed E-state index contributed by atoms with van der Waals surface area (Å²) in [5.41, 5.74) is 3.17. The summed E-state index contributed by atoms with van der Waals surface area (Å²) < 4.78 is 1.83. The number of nitrogens with zero attached hydrogens (tertiary/aromatic N) is 3. The summed E-state index contributed by atoms with van der Waals surface area (Å²) in [6.45, 7) is 5.62. The molecule has 5 heteroatoms. The normalized spacial score (nSPS) is 14.1. The third-order valence-electron chi connectivity index (χ3n) is 3.39. The Labute approximate surface area is 126 Å². The fourth-order valence-corrected chi connectivity index (χ4v) is 2.53. The van der Waals surface area contributed by atoms with Crippen LogP contribution in [0.5, 0.6) is 0 Å². The van der Waals surface area contributed by atoms with E-state index in [1.807, 2.05) is 43.2 Å². The van der Waals surface area contributed by atoms with Gasteiger partial charge in [-0.05, 0) is 37.9 Å². The summed E-state index contributed by atoms with van der Waals surface area (Å²) >= 11 is 0. The van der Waals surface area contributed by atoms with E-state index in [9.17, 15) is 5.11 Å². The lowest BCUT2D eigenvalue weighted by Gasteiger charge is -2.14. The molecule has 0 amide bonds. The van der Waals surface area contributed by atoms with Gasteiger partial charge in [-0.25, -0.2) is 0 Å². The van der Waals surface area contributed by atoms with Crippen molar-refractivity contribution < 1.29 is 5.11 Å². The van der Waals surface area contributed by atoms with Crippen molar-refractivity contribution in [3.8, 4) is 11.3 Å². The number of hydrogen-bond donors (Lipinski definition) is 2. The highest BCUT2D eigenvalue weighted by atomic mass is 16.3. The molecular weight excluding hydrogens is 264 g/mol. The first-order valence-electron chi connectivity index (χ1n) is 7.38. The van der Waals surface area contributed by atoms with Gasteiger partial charge in [0, 0.05) is 43.3 Å². The molecule has 0 radical (unpaired) electrons. The van der Waals surface area contributed by atoms with E-state index in [0.29, 0.717) is 5.92 Å². The molecule has 2 N–H and O–H groups in total. The van der Waals surface area contributed by atoms with Crippen LogP contribution < -0.4 is 5.32 Å². The number of aryl methyl sites for hydroxylation is 1. The molecule has 0 aliphatic carbocycles. The third-order valence-corrected chi connectivity index (χ3v) is 3.39. The van der Waals surface area contributed by atoms with Crippen LogP contribution >= 0.6 is 0 Å². The highest BCUT2D eigenvalue weighted by Gasteiger charge is 2.11. The lowest BCUT2D eigenvalue weighted by Crippen LogP contribution is -2.23. The van der Waals surface area contributed by atoms with Gasteiger partial charge in [-0.15, -0.1) is 0 Å². The molecule has 2 atom stereocenters. The van der Waals surface area contributed by atoms with Crippen molar-refractivity contribution in [3.05, 3.63) is 36.3 Å². The van der Waals surface area contributed by atoms with Gasteiger partial charge in [0.2, 0.25) is 0 Å². The fraction of sp³-hybridized carbons (Fsp3) is 0.500. The van der Waals surface area contributed by atoms with E-state index >= 15 is 0 Å². The first-order valence-corrected chi connectivity index (χ1v) is 7.38. The largest absolute Gasteiger partial charge is 0.393 e. The lowest BCUT2D eigenvalue weighted by molar-refractivity contribution is 0.163. The van der Waals surface area contributed by atoms with Gasteiger partial charge in [0.1, 0.15) is 0 Å². The SMILES string of the molecule is CC(O)CC(C)CNCc1cn(C)nc1-c1cccnc1. The standard InChI is InChI=1S/C16H24N4O/c1-12(7-13(2)21)8-18-10-15-11-20(3)19-16(15)14-5-4-6-17-9-14/h4-6,9,11-13,18,21H,7-8,10H2,1-3H3. The Morgan fingerprint density at radius 3 is 2.86 bits per heavy atom. The zero-order valence-electron chi connectivity index (χ0n) is 13.0. The molecule has 2 heterocycles. The van der Waals surface area contributed by atoms with E-state index in [-0.39, 0.29) is 6.10 Å². The Bertz CT molecular complexity index is 551. The summed E-state index contributed by atoms with van der Waals surface area (Å²) in [4.78, 5) is 4.16. The Morgan fingerprint density at radius 1 is 1.38 bits per heavy atom. The van der Waals surface area contributed by atoms with Crippen molar-refractivity contribution in [1.82, 2.24) is 20.1 Å². The number of aliphatic hydroxyl groups is 1. The van der Waals surface area contributed by atoms with E-state index in [2.05, 4.69) is 22.3 Å². The summed E-state index contributed by atoms with van der Waals surface area (Å²) in [6, 6.07) is 3.95. The van der Waals surface area contributed by atoms with Crippen LogP contribution in [0.4, 0.5) is 0 Å². The van der Waals surface area contributed by atoms with Crippen molar-refractivity contribution in [2.45, 2.75) is 32.9 Å².